The first-order valence-corrected chi connectivity index (χ1v) is 44.2. The molecule has 2 unspecified atom stereocenters. The zero-order chi connectivity index (χ0) is 83.0. The summed E-state index contributed by atoms with van der Waals surface area (Å²) in [6, 6.07) is 129. The number of benzene rings is 15. The highest BCUT2D eigenvalue weighted by molar-refractivity contribution is 8.00. The Morgan fingerprint density at radius 1 is 0.294 bits per heavy atom. The van der Waals surface area contributed by atoms with Crippen molar-refractivity contribution >= 4 is 135 Å². The molecule has 22 aromatic rings. The lowest BCUT2D eigenvalue weighted by Crippen LogP contribution is -2.26. The van der Waals surface area contributed by atoms with Crippen LogP contribution in [0.2, 0.25) is 5.02 Å². The molecule has 7 aromatic heterocycles. The molecule has 2 atom stereocenters. The Kier molecular flexibility index (Phi) is 16.1. The highest BCUT2D eigenvalue weighted by Gasteiger charge is 2.56. The van der Waals surface area contributed by atoms with Crippen molar-refractivity contribution < 1.29 is 8.83 Å². The normalized spacial score (nSPS) is 15.2. The first-order valence-electron chi connectivity index (χ1n) is 42.2. The predicted molar refractivity (Wildman–Crippen MR) is 510 cm³/mol. The fourth-order valence-corrected chi connectivity index (χ4v) is 23.4. The predicted octanol–water partition coefficient (Wildman–Crippen LogP) is 29.4. The summed E-state index contributed by atoms with van der Waals surface area (Å²) in [5, 5.41) is 7.24. The van der Waals surface area contributed by atoms with Gasteiger partial charge in [0.1, 0.15) is 28.2 Å². The van der Waals surface area contributed by atoms with Crippen molar-refractivity contribution in [3.8, 4) is 78.8 Å². The molecule has 2 aliphatic heterocycles. The minimum atomic E-state index is -0.620. The SMILES string of the molecule is Cc1nc(-c2ccccc2)c2ccccc2n1.Clc1cnc2c(c1)C1(c3ccccc3-c3c1ccc1c3Sc3ccccc3N1c1ccc3c(c1)oc1ccccc13)c1cccnc1-2.c1ccc(-c2nc(-c3cnc4c(c3)C3(c5ccccc5-4)c4ccccc4-c4c3ccc3c4Sc4ccccc4N3c3ccc4c(c3)oc3ccccc34)nc3ccccc23)cc1. The lowest BCUT2D eigenvalue weighted by Gasteiger charge is -2.35. The van der Waals surface area contributed by atoms with Crippen molar-refractivity contribution in [2.45, 2.75) is 37.3 Å². The summed E-state index contributed by atoms with van der Waals surface area (Å²) < 4.78 is 12.8. The number of halogens is 1. The van der Waals surface area contributed by atoms with Crippen LogP contribution in [0, 0.1) is 6.92 Å². The van der Waals surface area contributed by atoms with E-state index in [-0.39, 0.29) is 0 Å². The van der Waals surface area contributed by atoms with Gasteiger partial charge in [0.15, 0.2) is 5.82 Å². The Morgan fingerprint density at radius 3 is 1.33 bits per heavy atom. The van der Waals surface area contributed by atoms with Gasteiger partial charge in [0.05, 0.1) is 78.1 Å². The Morgan fingerprint density at radius 2 is 0.738 bits per heavy atom. The van der Waals surface area contributed by atoms with Crippen LogP contribution in [0.3, 0.4) is 0 Å². The van der Waals surface area contributed by atoms with Crippen molar-refractivity contribution in [2.75, 3.05) is 9.80 Å². The van der Waals surface area contributed by atoms with E-state index in [1.54, 1.807) is 6.20 Å². The lowest BCUT2D eigenvalue weighted by molar-refractivity contribution is 0.668. The van der Waals surface area contributed by atoms with Gasteiger partial charge in [-0.05, 0) is 160 Å². The molecule has 0 fully saturated rings. The van der Waals surface area contributed by atoms with Crippen molar-refractivity contribution in [1.82, 2.24) is 34.9 Å². The Balaban J connectivity index is 0.000000116. The van der Waals surface area contributed by atoms with Crippen molar-refractivity contribution in [1.29, 1.82) is 0 Å². The zero-order valence-corrected chi connectivity index (χ0v) is 69.8. The Bertz CT molecular complexity index is 8400. The summed E-state index contributed by atoms with van der Waals surface area (Å²) >= 11 is 10.4. The van der Waals surface area contributed by atoms with Gasteiger partial charge >= 0.3 is 0 Å². The van der Waals surface area contributed by atoms with Crippen molar-refractivity contribution in [2.24, 2.45) is 0 Å². The summed E-state index contributed by atoms with van der Waals surface area (Å²) in [5.41, 5.74) is 34.5. The molecule has 14 heteroatoms. The number of para-hydroxylation sites is 6. The maximum atomic E-state index is 6.71. The molecule has 0 N–H and O–H groups in total. The largest absolute Gasteiger partial charge is 0.456 e. The molecule has 590 valence electrons. The van der Waals surface area contributed by atoms with Crippen LogP contribution in [0.4, 0.5) is 34.1 Å². The van der Waals surface area contributed by atoms with Gasteiger partial charge in [-0.25, -0.2) is 19.9 Å². The van der Waals surface area contributed by atoms with E-state index in [0.717, 1.165) is 173 Å². The van der Waals surface area contributed by atoms with Gasteiger partial charge in [0.2, 0.25) is 0 Å². The maximum absolute atomic E-state index is 6.71. The van der Waals surface area contributed by atoms with E-state index in [1.807, 2.05) is 122 Å². The van der Waals surface area contributed by atoms with Crippen LogP contribution in [0.5, 0.6) is 0 Å². The second-order valence-corrected chi connectivity index (χ2v) is 35.1. The van der Waals surface area contributed by atoms with E-state index in [9.17, 15) is 0 Å². The summed E-state index contributed by atoms with van der Waals surface area (Å²) in [5.74, 6) is 1.47. The highest BCUT2D eigenvalue weighted by atomic mass is 35.5. The molecule has 0 saturated heterocycles. The third kappa shape index (κ3) is 10.6. The standard InChI is InChI=1S/C56H32N4OS.C41H22ClN3OS.C15H12N2/c1-2-14-33(15-3-1)52-40-19-6-10-22-45(40)58-55(59-52)34-30-44-53(57-32-34)39-18-5-9-21-42(39)56(44)41-20-8-4-17-38(41)51-43(56)28-29-47-54(51)62-50-25-13-11-23-46(50)60(47)35-26-27-37-36-16-7-12-24-48(36)61-49(37)31-35;42-23-20-31-39(44-22-23)38-30(11-7-19-43-38)41(31)28-10-3-1-9-27(28)37-29(41)17-18-33-40(37)47-36-14-6-4-12-32(36)45(33)24-15-16-26-25-8-2-5-13-34(25)46-35(26)21-24;1-11-16-14-10-6-5-9-13(14)15(17-11)12-7-3-2-4-8-12/h1-32H;1-22H;2-10H,1H3. The number of pyridine rings is 3. The molecule has 126 heavy (non-hydrogen) atoms. The summed E-state index contributed by atoms with van der Waals surface area (Å²) in [6.07, 6.45) is 5.55. The molecule has 4 aliphatic carbocycles. The van der Waals surface area contributed by atoms with Gasteiger partial charge in [-0.1, -0.05) is 284 Å². The molecule has 6 aliphatic rings. The smallest absolute Gasteiger partial charge is 0.161 e. The molecular weight excluding hydrogens is 1600 g/mol. The summed E-state index contributed by atoms with van der Waals surface area (Å²) in [4.78, 5) is 44.2. The average molecular weight is 1670 g/mol. The Hall–Kier alpha value is -15.4. The topological polar surface area (TPSA) is 123 Å². The molecule has 0 amide bonds. The molecule has 9 heterocycles. The molecule has 15 aromatic carbocycles. The average Bonchev–Trinajstić information content (AvgIpc) is 1.50. The third-order valence-electron chi connectivity index (χ3n) is 25.9. The lowest BCUT2D eigenvalue weighted by atomic mass is 9.70. The Labute approximate surface area is 737 Å². The fraction of sp³-hybridized carbons (Fsp3) is 0.0268. The zero-order valence-electron chi connectivity index (χ0n) is 67.4. The number of aromatic nitrogens is 7. The minimum absolute atomic E-state index is 0.576. The van der Waals surface area contributed by atoms with Gasteiger partial charge < -0.3 is 18.6 Å². The van der Waals surface area contributed by atoms with E-state index in [4.69, 9.17) is 45.4 Å². The van der Waals surface area contributed by atoms with E-state index < -0.39 is 10.8 Å². The summed E-state index contributed by atoms with van der Waals surface area (Å²) in [6.45, 7) is 1.93. The van der Waals surface area contributed by atoms with E-state index in [0.29, 0.717) is 10.8 Å². The van der Waals surface area contributed by atoms with E-state index >= 15 is 0 Å². The van der Waals surface area contributed by atoms with Crippen LogP contribution in [-0.2, 0) is 10.8 Å². The van der Waals surface area contributed by atoms with Gasteiger partial charge in [0.25, 0.3) is 0 Å². The molecule has 0 radical (unpaired) electrons. The number of anilines is 6. The third-order valence-corrected chi connectivity index (χ3v) is 28.5. The van der Waals surface area contributed by atoms with Crippen LogP contribution in [0.25, 0.3) is 144 Å². The molecule has 11 nitrogen and oxygen atoms in total. The number of aryl methyl sites for hydroxylation is 1. The van der Waals surface area contributed by atoms with Crippen molar-refractivity contribution in [3.05, 3.63) is 438 Å². The number of hydrogen-bond acceptors (Lipinski definition) is 13. The van der Waals surface area contributed by atoms with Gasteiger partial charge in [-0.15, -0.1) is 0 Å². The van der Waals surface area contributed by atoms with E-state index in [1.165, 1.54) is 69.7 Å². The molecule has 0 saturated carbocycles. The van der Waals surface area contributed by atoms with Crippen LogP contribution < -0.4 is 9.80 Å². The van der Waals surface area contributed by atoms with Crippen LogP contribution in [-0.4, -0.2) is 34.9 Å². The second kappa shape index (κ2) is 28.1. The maximum Gasteiger partial charge on any atom is 0.161 e. The first kappa shape index (κ1) is 72.3. The van der Waals surface area contributed by atoms with Gasteiger partial charge in [-0.3, -0.25) is 15.0 Å². The fourth-order valence-electron chi connectivity index (χ4n) is 20.8. The highest BCUT2D eigenvalue weighted by Crippen LogP contribution is 2.69. The number of hydrogen-bond donors (Lipinski definition) is 0. The van der Waals surface area contributed by atoms with Gasteiger partial charge in [0, 0.05) is 133 Å². The van der Waals surface area contributed by atoms with E-state index in [2.05, 4.69) is 305 Å². The second-order valence-electron chi connectivity index (χ2n) is 32.5. The number of rotatable bonds is 5. The van der Waals surface area contributed by atoms with Crippen molar-refractivity contribution in [3.63, 3.8) is 0 Å². The van der Waals surface area contributed by atoms with Gasteiger partial charge in [-0.2, -0.15) is 0 Å². The first-order chi connectivity index (χ1) is 62.3. The molecule has 0 bridgehead atoms. The number of nitrogens with zero attached hydrogens (tertiary/aromatic N) is 9. The molecular formula is C112H66ClN9O2S2. The molecule has 28 rings (SSSR count). The van der Waals surface area contributed by atoms with Crippen LogP contribution in [0.1, 0.15) is 50.3 Å². The van der Waals surface area contributed by atoms with Crippen LogP contribution in [0.15, 0.2) is 411 Å². The number of fused-ring (bicyclic) bond motifs is 34. The minimum Gasteiger partial charge on any atom is -0.456 e. The van der Waals surface area contributed by atoms with Crippen LogP contribution >= 0.6 is 35.1 Å². The monoisotopic (exact) mass is 1670 g/mol. The number of furan rings is 2. The molecule has 2 spiro atoms. The quantitative estimate of drug-likeness (QED) is 0.163. The summed E-state index contributed by atoms with van der Waals surface area (Å²) in [7, 11) is 0.